The van der Waals surface area contributed by atoms with Gasteiger partial charge in [-0.3, -0.25) is 9.79 Å². The fourth-order valence-electron chi connectivity index (χ4n) is 1.42. The van der Waals surface area contributed by atoms with Crippen molar-refractivity contribution in [1.29, 1.82) is 0 Å². The Morgan fingerprint density at radius 2 is 2.25 bits per heavy atom. The number of hydrogen-bond acceptors (Lipinski definition) is 2. The van der Waals surface area contributed by atoms with E-state index in [-0.39, 0.29) is 5.78 Å². The highest BCUT2D eigenvalue weighted by Crippen LogP contribution is 2.26. The van der Waals surface area contributed by atoms with Gasteiger partial charge in [0.1, 0.15) is 0 Å². The van der Waals surface area contributed by atoms with Crippen LogP contribution in [0.1, 0.15) is 11.1 Å². The SMILES string of the molecule is Cc1cccc2c1N=CC(=O)C2. The van der Waals surface area contributed by atoms with Gasteiger partial charge in [0.2, 0.25) is 0 Å². The minimum atomic E-state index is 0.0908. The van der Waals surface area contributed by atoms with Gasteiger partial charge < -0.3 is 0 Å². The number of nitrogens with zero attached hydrogens (tertiary/aromatic N) is 1. The molecule has 0 amide bonds. The summed E-state index contributed by atoms with van der Waals surface area (Å²) >= 11 is 0. The molecule has 1 aromatic rings. The van der Waals surface area contributed by atoms with Gasteiger partial charge in [-0.1, -0.05) is 18.2 Å². The van der Waals surface area contributed by atoms with E-state index in [9.17, 15) is 4.79 Å². The maximum atomic E-state index is 11.0. The zero-order valence-corrected chi connectivity index (χ0v) is 6.87. The van der Waals surface area contributed by atoms with Crippen molar-refractivity contribution < 1.29 is 4.79 Å². The van der Waals surface area contributed by atoms with Crippen molar-refractivity contribution in [1.82, 2.24) is 0 Å². The molecule has 0 aliphatic carbocycles. The first kappa shape index (κ1) is 7.22. The number of ketones is 1. The number of para-hydroxylation sites is 1. The predicted octanol–water partition coefficient (Wildman–Crippen LogP) is 1.82. The van der Waals surface area contributed by atoms with Crippen LogP contribution >= 0.6 is 0 Å². The minimum absolute atomic E-state index is 0.0908. The van der Waals surface area contributed by atoms with E-state index < -0.39 is 0 Å². The number of rotatable bonds is 0. The van der Waals surface area contributed by atoms with Crippen molar-refractivity contribution in [2.45, 2.75) is 13.3 Å². The predicted molar refractivity (Wildman–Crippen MR) is 48.0 cm³/mol. The van der Waals surface area contributed by atoms with Crippen LogP contribution in [0.2, 0.25) is 0 Å². The molecule has 0 radical (unpaired) electrons. The molecule has 0 bridgehead atoms. The summed E-state index contributed by atoms with van der Waals surface area (Å²) in [5, 5.41) is 0. The van der Waals surface area contributed by atoms with Gasteiger partial charge in [0, 0.05) is 6.42 Å². The lowest BCUT2D eigenvalue weighted by atomic mass is 10.0. The normalized spacial score (nSPS) is 14.6. The molecule has 60 valence electrons. The fraction of sp³-hybridized carbons (Fsp3) is 0.200. The Morgan fingerprint density at radius 3 is 3.08 bits per heavy atom. The quantitative estimate of drug-likeness (QED) is 0.567. The van der Waals surface area contributed by atoms with Crippen LogP contribution in [-0.4, -0.2) is 12.0 Å². The van der Waals surface area contributed by atoms with Crippen LogP contribution in [0.3, 0.4) is 0 Å². The third kappa shape index (κ3) is 1.05. The molecule has 0 fully saturated rings. The molecule has 0 unspecified atom stereocenters. The lowest BCUT2D eigenvalue weighted by Crippen LogP contribution is -2.08. The number of Topliss-reactive ketones (excluding diaryl/α,β-unsaturated/α-hetero) is 1. The number of hydrogen-bond donors (Lipinski definition) is 0. The van der Waals surface area contributed by atoms with Crippen molar-refractivity contribution in [3.05, 3.63) is 29.3 Å². The molecule has 12 heavy (non-hydrogen) atoms. The molecular formula is C10H9NO. The standard InChI is InChI=1S/C10H9NO/c1-7-3-2-4-8-5-9(12)6-11-10(7)8/h2-4,6H,5H2,1H3. The molecule has 2 rings (SSSR count). The Kier molecular flexibility index (Phi) is 1.54. The van der Waals surface area contributed by atoms with Crippen LogP contribution in [0.15, 0.2) is 23.2 Å². The number of fused-ring (bicyclic) bond motifs is 1. The van der Waals surface area contributed by atoms with Gasteiger partial charge in [-0.05, 0) is 18.1 Å². The number of carbonyl (C=O) groups is 1. The number of benzene rings is 1. The number of carbonyl (C=O) groups excluding carboxylic acids is 1. The molecule has 1 aliphatic rings. The second kappa shape index (κ2) is 2.55. The summed E-state index contributed by atoms with van der Waals surface area (Å²) in [7, 11) is 0. The molecule has 0 atom stereocenters. The Labute approximate surface area is 70.9 Å². The Balaban J connectivity index is 2.60. The Bertz CT molecular complexity index is 366. The maximum Gasteiger partial charge on any atom is 0.178 e. The van der Waals surface area contributed by atoms with Crippen molar-refractivity contribution >= 4 is 17.7 Å². The summed E-state index contributed by atoms with van der Waals surface area (Å²) in [4.78, 5) is 15.1. The monoisotopic (exact) mass is 159 g/mol. The first-order chi connectivity index (χ1) is 5.77. The molecule has 2 nitrogen and oxygen atoms in total. The highest BCUT2D eigenvalue weighted by molar-refractivity contribution is 6.29. The Morgan fingerprint density at radius 1 is 1.42 bits per heavy atom. The van der Waals surface area contributed by atoms with Gasteiger partial charge in [-0.15, -0.1) is 0 Å². The summed E-state index contributed by atoms with van der Waals surface area (Å²) in [6.45, 7) is 2.01. The van der Waals surface area contributed by atoms with Crippen molar-refractivity contribution in [2.24, 2.45) is 4.99 Å². The summed E-state index contributed by atoms with van der Waals surface area (Å²) < 4.78 is 0. The Hall–Kier alpha value is -1.44. The minimum Gasteiger partial charge on any atom is -0.293 e. The van der Waals surface area contributed by atoms with E-state index in [1.807, 2.05) is 25.1 Å². The number of aryl methyl sites for hydroxylation is 1. The van der Waals surface area contributed by atoms with Gasteiger partial charge in [0.05, 0.1) is 11.9 Å². The topological polar surface area (TPSA) is 29.4 Å². The molecule has 1 heterocycles. The van der Waals surface area contributed by atoms with Crippen LogP contribution < -0.4 is 0 Å². The molecular weight excluding hydrogens is 150 g/mol. The van der Waals surface area contributed by atoms with Crippen LogP contribution in [0.25, 0.3) is 0 Å². The maximum absolute atomic E-state index is 11.0. The summed E-state index contributed by atoms with van der Waals surface area (Å²) in [5.41, 5.74) is 3.15. The fourth-order valence-corrected chi connectivity index (χ4v) is 1.42. The highest BCUT2D eigenvalue weighted by atomic mass is 16.1. The van der Waals surface area contributed by atoms with E-state index >= 15 is 0 Å². The van der Waals surface area contributed by atoms with Crippen LogP contribution in [0, 0.1) is 6.92 Å². The van der Waals surface area contributed by atoms with E-state index in [0.29, 0.717) is 6.42 Å². The van der Waals surface area contributed by atoms with Gasteiger partial charge >= 0.3 is 0 Å². The molecule has 2 heteroatoms. The van der Waals surface area contributed by atoms with E-state index in [0.717, 1.165) is 16.8 Å². The van der Waals surface area contributed by atoms with E-state index in [1.165, 1.54) is 6.21 Å². The van der Waals surface area contributed by atoms with Crippen LogP contribution in [0.5, 0.6) is 0 Å². The third-order valence-corrected chi connectivity index (χ3v) is 2.02. The second-order valence-electron chi connectivity index (χ2n) is 2.98. The summed E-state index contributed by atoms with van der Waals surface area (Å²) in [6, 6.07) is 5.92. The van der Waals surface area contributed by atoms with Crippen LogP contribution in [0.4, 0.5) is 5.69 Å². The molecule has 1 aliphatic heterocycles. The van der Waals surface area contributed by atoms with Gasteiger partial charge in [0.15, 0.2) is 5.78 Å². The van der Waals surface area contributed by atoms with Crippen LogP contribution in [-0.2, 0) is 11.2 Å². The zero-order chi connectivity index (χ0) is 8.55. The van der Waals surface area contributed by atoms with Gasteiger partial charge in [-0.2, -0.15) is 0 Å². The van der Waals surface area contributed by atoms with Crippen molar-refractivity contribution in [2.75, 3.05) is 0 Å². The zero-order valence-electron chi connectivity index (χ0n) is 6.87. The average molecular weight is 159 g/mol. The second-order valence-corrected chi connectivity index (χ2v) is 2.98. The van der Waals surface area contributed by atoms with Gasteiger partial charge in [-0.25, -0.2) is 0 Å². The number of aliphatic imine (C=N–C) groups is 1. The first-order valence-electron chi connectivity index (χ1n) is 3.93. The molecule has 1 aromatic carbocycles. The molecule has 0 aromatic heterocycles. The largest absolute Gasteiger partial charge is 0.293 e. The lowest BCUT2D eigenvalue weighted by molar-refractivity contribution is -0.112. The highest BCUT2D eigenvalue weighted by Gasteiger charge is 2.11. The van der Waals surface area contributed by atoms with Crippen molar-refractivity contribution in [3.63, 3.8) is 0 Å². The van der Waals surface area contributed by atoms with E-state index in [4.69, 9.17) is 0 Å². The summed E-state index contributed by atoms with van der Waals surface area (Å²) in [5.74, 6) is 0.0908. The summed E-state index contributed by atoms with van der Waals surface area (Å²) in [6.07, 6.45) is 1.91. The van der Waals surface area contributed by atoms with Crippen molar-refractivity contribution in [3.8, 4) is 0 Å². The molecule has 0 saturated carbocycles. The molecule has 0 N–H and O–H groups in total. The molecule has 0 spiro atoms. The average Bonchev–Trinajstić information content (AvgIpc) is 2.04. The third-order valence-electron chi connectivity index (χ3n) is 2.02. The van der Waals surface area contributed by atoms with Gasteiger partial charge in [0.25, 0.3) is 0 Å². The van der Waals surface area contributed by atoms with E-state index in [2.05, 4.69) is 4.99 Å². The lowest BCUT2D eigenvalue weighted by Gasteiger charge is -2.10. The van der Waals surface area contributed by atoms with E-state index in [1.54, 1.807) is 0 Å². The first-order valence-corrected chi connectivity index (χ1v) is 3.93. The smallest absolute Gasteiger partial charge is 0.178 e. The molecule has 0 saturated heterocycles.